The molecule has 1 aliphatic carbocycles. The van der Waals surface area contributed by atoms with Gasteiger partial charge >= 0.3 is 0 Å². The van der Waals surface area contributed by atoms with Crippen molar-refractivity contribution in [3.05, 3.63) is 35.9 Å². The van der Waals surface area contributed by atoms with Crippen molar-refractivity contribution in [1.29, 1.82) is 0 Å². The first-order valence-corrected chi connectivity index (χ1v) is 10.4. The van der Waals surface area contributed by atoms with Crippen molar-refractivity contribution >= 4 is 29.9 Å². The lowest BCUT2D eigenvalue weighted by Crippen LogP contribution is -2.40. The van der Waals surface area contributed by atoms with Gasteiger partial charge in [0.15, 0.2) is 5.96 Å². The summed E-state index contributed by atoms with van der Waals surface area (Å²) in [5.74, 6) is 0.914. The van der Waals surface area contributed by atoms with Crippen LogP contribution in [0.15, 0.2) is 35.3 Å². The summed E-state index contributed by atoms with van der Waals surface area (Å²) in [6, 6.07) is 10.4. The quantitative estimate of drug-likeness (QED) is 0.191. The number of ether oxygens (including phenoxy) is 2. The molecule has 1 aromatic rings. The van der Waals surface area contributed by atoms with Gasteiger partial charge in [-0.25, -0.2) is 0 Å². The van der Waals surface area contributed by atoms with Crippen LogP contribution < -0.4 is 10.6 Å². The molecule has 160 valence electrons. The van der Waals surface area contributed by atoms with Crippen LogP contribution in [0, 0.1) is 5.41 Å². The first-order valence-electron chi connectivity index (χ1n) is 10.4. The van der Waals surface area contributed by atoms with Gasteiger partial charge in [0, 0.05) is 40.0 Å². The first-order chi connectivity index (χ1) is 13.2. The minimum absolute atomic E-state index is 0. The molecular formula is C22H38IN3O2. The molecule has 0 amide bonds. The number of hydrogen-bond donors (Lipinski definition) is 2. The number of nitrogens with one attached hydrogen (secondary N) is 2. The van der Waals surface area contributed by atoms with Crippen LogP contribution in [0.3, 0.4) is 0 Å². The molecule has 1 unspecified atom stereocenters. The van der Waals surface area contributed by atoms with Gasteiger partial charge < -0.3 is 20.1 Å². The van der Waals surface area contributed by atoms with E-state index >= 15 is 0 Å². The van der Waals surface area contributed by atoms with E-state index in [0.717, 1.165) is 51.6 Å². The highest BCUT2D eigenvalue weighted by molar-refractivity contribution is 14.0. The normalized spacial score (nSPS) is 16.6. The van der Waals surface area contributed by atoms with Gasteiger partial charge in [0.25, 0.3) is 0 Å². The Kier molecular flexibility index (Phi) is 12.7. The van der Waals surface area contributed by atoms with Crippen LogP contribution in [-0.4, -0.2) is 45.9 Å². The van der Waals surface area contributed by atoms with Crippen LogP contribution in [0.1, 0.15) is 57.6 Å². The van der Waals surface area contributed by atoms with Crippen molar-refractivity contribution in [2.24, 2.45) is 10.4 Å². The zero-order chi connectivity index (χ0) is 19.4. The maximum Gasteiger partial charge on any atom is 0.191 e. The van der Waals surface area contributed by atoms with E-state index in [4.69, 9.17) is 14.5 Å². The van der Waals surface area contributed by atoms with E-state index in [9.17, 15) is 0 Å². The molecule has 0 aromatic heterocycles. The fourth-order valence-electron chi connectivity index (χ4n) is 3.43. The van der Waals surface area contributed by atoms with Gasteiger partial charge in [0.2, 0.25) is 0 Å². The first kappa shape index (κ1) is 25.2. The van der Waals surface area contributed by atoms with E-state index < -0.39 is 0 Å². The second-order valence-corrected chi connectivity index (χ2v) is 7.50. The van der Waals surface area contributed by atoms with E-state index in [-0.39, 0.29) is 30.1 Å². The second-order valence-electron chi connectivity index (χ2n) is 7.50. The number of halogens is 1. The minimum atomic E-state index is 0. The van der Waals surface area contributed by atoms with Crippen LogP contribution >= 0.6 is 24.0 Å². The predicted octanol–water partition coefficient (Wildman–Crippen LogP) is 4.53. The highest BCUT2D eigenvalue weighted by Crippen LogP contribution is 2.44. The summed E-state index contributed by atoms with van der Waals surface area (Å²) >= 11 is 0. The molecule has 0 heterocycles. The van der Waals surface area contributed by atoms with Crippen molar-refractivity contribution in [1.82, 2.24) is 10.6 Å². The van der Waals surface area contributed by atoms with Crippen LogP contribution in [0.4, 0.5) is 0 Å². The molecule has 2 N–H and O–H groups in total. The average Bonchev–Trinajstić information content (AvgIpc) is 2.67. The molecular weight excluding hydrogens is 465 g/mol. The Labute approximate surface area is 188 Å². The Morgan fingerprint density at radius 1 is 1.18 bits per heavy atom. The lowest BCUT2D eigenvalue weighted by molar-refractivity contribution is 0.0645. The summed E-state index contributed by atoms with van der Waals surface area (Å²) < 4.78 is 11.2. The summed E-state index contributed by atoms with van der Waals surface area (Å²) in [6.07, 6.45) is 6.05. The third-order valence-corrected chi connectivity index (χ3v) is 5.42. The standard InChI is InChI=1S/C22H37N3O2.HI/c1-4-23-21(25-18-22(12-8-13-22)14-17-26-3)24-15-9-16-27-19(2)20-10-6-5-7-11-20;/h5-7,10-11,19H,4,8-9,12-18H2,1-3H3,(H2,23,24,25);1H. The average molecular weight is 503 g/mol. The Hall–Kier alpha value is -0.860. The van der Waals surface area contributed by atoms with E-state index in [1.807, 2.05) is 6.07 Å². The Morgan fingerprint density at radius 2 is 1.93 bits per heavy atom. The Balaban J connectivity index is 0.00000392. The van der Waals surface area contributed by atoms with Gasteiger partial charge in [0.05, 0.1) is 6.10 Å². The van der Waals surface area contributed by atoms with Crippen molar-refractivity contribution in [2.75, 3.05) is 40.0 Å². The SMILES string of the molecule is CCNC(=NCC1(CCOC)CCC1)NCCCOC(C)c1ccccc1.I. The van der Waals surface area contributed by atoms with Crippen molar-refractivity contribution in [3.8, 4) is 0 Å². The molecule has 1 aliphatic rings. The molecule has 0 radical (unpaired) electrons. The fraction of sp³-hybridized carbons (Fsp3) is 0.682. The van der Waals surface area contributed by atoms with E-state index in [1.165, 1.54) is 24.8 Å². The van der Waals surface area contributed by atoms with Crippen LogP contribution in [0.25, 0.3) is 0 Å². The molecule has 1 atom stereocenters. The van der Waals surface area contributed by atoms with E-state index in [0.29, 0.717) is 5.41 Å². The van der Waals surface area contributed by atoms with Gasteiger partial charge in [-0.2, -0.15) is 0 Å². The van der Waals surface area contributed by atoms with Crippen LogP contribution in [0.5, 0.6) is 0 Å². The topological polar surface area (TPSA) is 54.9 Å². The molecule has 6 heteroatoms. The van der Waals surface area contributed by atoms with Crippen LogP contribution in [0.2, 0.25) is 0 Å². The third kappa shape index (κ3) is 8.66. The number of nitrogens with zero attached hydrogens (tertiary/aromatic N) is 1. The number of guanidine groups is 1. The van der Waals surface area contributed by atoms with Gasteiger partial charge in [-0.3, -0.25) is 4.99 Å². The van der Waals surface area contributed by atoms with Gasteiger partial charge in [-0.05, 0) is 50.5 Å². The lowest BCUT2D eigenvalue weighted by Gasteiger charge is -2.40. The molecule has 2 rings (SSSR count). The number of benzene rings is 1. The Morgan fingerprint density at radius 3 is 2.54 bits per heavy atom. The van der Waals surface area contributed by atoms with Gasteiger partial charge in [0.1, 0.15) is 0 Å². The fourth-order valence-corrected chi connectivity index (χ4v) is 3.43. The molecule has 28 heavy (non-hydrogen) atoms. The number of hydrogen-bond acceptors (Lipinski definition) is 3. The highest BCUT2D eigenvalue weighted by atomic mass is 127. The van der Waals surface area contributed by atoms with Crippen molar-refractivity contribution in [3.63, 3.8) is 0 Å². The van der Waals surface area contributed by atoms with E-state index in [1.54, 1.807) is 7.11 Å². The van der Waals surface area contributed by atoms with E-state index in [2.05, 4.69) is 48.7 Å². The monoisotopic (exact) mass is 503 g/mol. The number of rotatable bonds is 12. The molecule has 1 saturated carbocycles. The van der Waals surface area contributed by atoms with Gasteiger partial charge in [-0.1, -0.05) is 36.8 Å². The maximum atomic E-state index is 5.94. The number of methoxy groups -OCH3 is 1. The number of aliphatic imine (C=N–C) groups is 1. The Bertz CT molecular complexity index is 550. The van der Waals surface area contributed by atoms with Crippen molar-refractivity contribution in [2.45, 2.75) is 52.1 Å². The largest absolute Gasteiger partial charge is 0.385 e. The lowest BCUT2D eigenvalue weighted by atomic mass is 9.67. The molecule has 0 spiro atoms. The van der Waals surface area contributed by atoms with Gasteiger partial charge in [-0.15, -0.1) is 24.0 Å². The highest BCUT2D eigenvalue weighted by Gasteiger charge is 2.36. The third-order valence-electron chi connectivity index (χ3n) is 5.42. The summed E-state index contributed by atoms with van der Waals surface area (Å²) in [5, 5.41) is 6.79. The molecule has 0 saturated heterocycles. The predicted molar refractivity (Wildman–Crippen MR) is 128 cm³/mol. The zero-order valence-corrected chi connectivity index (χ0v) is 20.0. The summed E-state index contributed by atoms with van der Waals surface area (Å²) in [5.41, 5.74) is 1.58. The molecule has 0 bridgehead atoms. The zero-order valence-electron chi connectivity index (χ0n) is 17.7. The smallest absolute Gasteiger partial charge is 0.191 e. The molecule has 1 aromatic carbocycles. The molecule has 5 nitrogen and oxygen atoms in total. The van der Waals surface area contributed by atoms with Crippen LogP contribution in [-0.2, 0) is 9.47 Å². The maximum absolute atomic E-state index is 5.94. The summed E-state index contributed by atoms with van der Waals surface area (Å²) in [7, 11) is 1.78. The second kappa shape index (κ2) is 14.2. The molecule has 1 fully saturated rings. The minimum Gasteiger partial charge on any atom is -0.385 e. The van der Waals surface area contributed by atoms with Crippen molar-refractivity contribution < 1.29 is 9.47 Å². The summed E-state index contributed by atoms with van der Waals surface area (Å²) in [6.45, 7) is 8.39. The molecule has 0 aliphatic heterocycles. The summed E-state index contributed by atoms with van der Waals surface area (Å²) in [4.78, 5) is 4.84.